The first-order valence-corrected chi connectivity index (χ1v) is 23.8. The third kappa shape index (κ3) is 7.95. The molecule has 5 aliphatic carbocycles. The third-order valence-electron chi connectivity index (χ3n) is 18.4. The van der Waals surface area contributed by atoms with Crippen molar-refractivity contribution < 1.29 is 84.3 Å². The first kappa shape index (κ1) is 49.0. The summed E-state index contributed by atoms with van der Waals surface area (Å²) >= 11 is 0. The summed E-state index contributed by atoms with van der Waals surface area (Å²) in [5.41, 5.74) is 1.51. The SMILES string of the molecule is C[C@H]1O[C@@H](OC(=O)[C@@]23CCC4=C(CC[C@@H]5[C@@]6(C)CC[C@H](O[C@@H]7O[C@H](CO[C@@H]8O[C@H](CO)[C@@H](O)[C@H](O)[C@H]8O)[C@@H](O)[C@H](O)[C@H]7O)C(C)(C)[C@@H]6CC[C@@]45C)[C@@H]2CC(C)(C)CC3)[C@H](O)[C@@H](O)[C@@H]1O. The maximum absolute atomic E-state index is 14.5. The van der Waals surface area contributed by atoms with E-state index in [0.717, 1.165) is 51.4 Å². The van der Waals surface area contributed by atoms with Crippen LogP contribution in [0.15, 0.2) is 11.1 Å². The van der Waals surface area contributed by atoms with Gasteiger partial charge in [-0.1, -0.05) is 52.7 Å². The van der Waals surface area contributed by atoms with Crippen molar-refractivity contribution in [2.75, 3.05) is 13.2 Å². The van der Waals surface area contributed by atoms with E-state index in [-0.39, 0.29) is 34.2 Å². The number of hydrogen-bond donors (Lipinski definition) is 10. The van der Waals surface area contributed by atoms with Gasteiger partial charge in [0.1, 0.15) is 67.1 Å². The molecular formula is C47H76O17. The molecule has 8 rings (SSSR count). The average Bonchev–Trinajstić information content (AvgIpc) is 3.24. The van der Waals surface area contributed by atoms with E-state index in [1.54, 1.807) is 6.92 Å². The lowest BCUT2D eigenvalue weighted by molar-refractivity contribution is -0.344. The van der Waals surface area contributed by atoms with Gasteiger partial charge in [-0.15, -0.1) is 0 Å². The molecule has 17 heteroatoms. The molecule has 0 aromatic heterocycles. The summed E-state index contributed by atoms with van der Waals surface area (Å²) in [6.45, 7) is 14.3. The summed E-state index contributed by atoms with van der Waals surface area (Å²) in [5, 5.41) is 105. The molecule has 8 aliphatic rings. The van der Waals surface area contributed by atoms with Crippen LogP contribution in [0.25, 0.3) is 0 Å². The minimum atomic E-state index is -1.67. The molecule has 6 fully saturated rings. The zero-order chi connectivity index (χ0) is 46.6. The molecule has 3 saturated carbocycles. The second kappa shape index (κ2) is 17.5. The van der Waals surface area contributed by atoms with Crippen LogP contribution < -0.4 is 0 Å². The van der Waals surface area contributed by atoms with E-state index in [1.165, 1.54) is 11.1 Å². The van der Waals surface area contributed by atoms with Crippen LogP contribution in [-0.2, 0) is 33.2 Å². The molecule has 17 nitrogen and oxygen atoms in total. The maximum atomic E-state index is 14.5. The molecule has 0 radical (unpaired) electrons. The van der Waals surface area contributed by atoms with Crippen LogP contribution >= 0.6 is 0 Å². The molecule has 0 bridgehead atoms. The third-order valence-corrected chi connectivity index (χ3v) is 18.4. The Morgan fingerprint density at radius 2 is 1.27 bits per heavy atom. The lowest BCUT2D eigenvalue weighted by Crippen LogP contribution is -2.64. The number of allylic oxidation sites excluding steroid dienone is 2. The Balaban J connectivity index is 0.979. The van der Waals surface area contributed by atoms with Crippen molar-refractivity contribution >= 4 is 5.97 Å². The highest BCUT2D eigenvalue weighted by molar-refractivity contribution is 5.79. The van der Waals surface area contributed by atoms with Crippen molar-refractivity contribution in [1.29, 1.82) is 0 Å². The van der Waals surface area contributed by atoms with E-state index in [9.17, 15) is 55.9 Å². The monoisotopic (exact) mass is 913 g/mol. The number of carbonyl (C=O) groups is 1. The van der Waals surface area contributed by atoms with Gasteiger partial charge in [-0.2, -0.15) is 0 Å². The van der Waals surface area contributed by atoms with Crippen molar-refractivity contribution in [2.24, 2.45) is 44.8 Å². The molecule has 0 aromatic rings. The van der Waals surface area contributed by atoms with Gasteiger partial charge in [-0.3, -0.25) is 4.79 Å². The first-order chi connectivity index (χ1) is 29.9. The van der Waals surface area contributed by atoms with E-state index in [4.69, 9.17) is 28.4 Å². The van der Waals surface area contributed by atoms with Crippen LogP contribution in [-0.4, -0.2) is 168 Å². The molecule has 3 heterocycles. The van der Waals surface area contributed by atoms with Gasteiger partial charge < -0.3 is 79.5 Å². The van der Waals surface area contributed by atoms with Gasteiger partial charge in [0.05, 0.1) is 30.8 Å². The van der Waals surface area contributed by atoms with Gasteiger partial charge in [0.15, 0.2) is 12.6 Å². The predicted molar refractivity (Wildman–Crippen MR) is 224 cm³/mol. The van der Waals surface area contributed by atoms with Crippen LogP contribution in [0.5, 0.6) is 0 Å². The Bertz CT molecular complexity index is 1740. The zero-order valence-corrected chi connectivity index (χ0v) is 38.5. The molecule has 0 unspecified atom stereocenters. The van der Waals surface area contributed by atoms with E-state index >= 15 is 0 Å². The number of aliphatic hydroxyl groups is 10. The van der Waals surface area contributed by atoms with Gasteiger partial charge in [0.25, 0.3) is 0 Å². The summed E-state index contributed by atoms with van der Waals surface area (Å²) in [7, 11) is 0. The van der Waals surface area contributed by atoms with Crippen LogP contribution in [0.4, 0.5) is 0 Å². The molecule has 0 spiro atoms. The second-order valence-corrected chi connectivity index (χ2v) is 22.8. The van der Waals surface area contributed by atoms with Crippen molar-refractivity contribution in [2.45, 2.75) is 217 Å². The van der Waals surface area contributed by atoms with Crippen molar-refractivity contribution in [3.05, 3.63) is 11.1 Å². The quantitative estimate of drug-likeness (QED) is 0.0922. The van der Waals surface area contributed by atoms with Crippen LogP contribution in [0.2, 0.25) is 0 Å². The standard InChI is InChI=1S/C47H76O17/c1-21-30(49)33(52)37(56)40(60-21)64-42(58)47-15-10-23-22(24(47)18-43(2,3)16-17-47)8-9-28-45(23,6)13-11-27-44(4,5)29(12-14-46(27,28)7)63-41-38(57)35(54)32(51)26(62-41)20-59-39-36(55)34(53)31(50)25(19-48)61-39/h21,24-41,48-57H,8-20H2,1-7H3/t21-,24+,25-,26-,27+,28+,29+,30-,31-,32-,33+,34+,35+,36-,37-,38-,39-,40+,41+,45+,46+,47-/m1/s1. The van der Waals surface area contributed by atoms with E-state index in [1.807, 2.05) is 0 Å². The smallest absolute Gasteiger partial charge is 0.315 e. The number of hydrogen-bond acceptors (Lipinski definition) is 17. The Labute approximate surface area is 376 Å². The van der Waals surface area contributed by atoms with Crippen molar-refractivity contribution in [3.63, 3.8) is 0 Å². The van der Waals surface area contributed by atoms with Crippen molar-refractivity contribution in [1.82, 2.24) is 0 Å². The van der Waals surface area contributed by atoms with Gasteiger partial charge in [-0.25, -0.2) is 0 Å². The molecular weight excluding hydrogens is 836 g/mol. The fourth-order valence-electron chi connectivity index (χ4n) is 14.5. The number of esters is 1. The first-order valence-electron chi connectivity index (χ1n) is 23.8. The van der Waals surface area contributed by atoms with Gasteiger partial charge in [0, 0.05) is 0 Å². The van der Waals surface area contributed by atoms with Crippen LogP contribution in [0.1, 0.15) is 119 Å². The lowest BCUT2D eigenvalue weighted by atomic mass is 9.38. The van der Waals surface area contributed by atoms with E-state index in [2.05, 4.69) is 41.5 Å². The lowest BCUT2D eigenvalue weighted by Gasteiger charge is -2.67. The molecule has 3 saturated heterocycles. The Morgan fingerprint density at radius 1 is 0.641 bits per heavy atom. The van der Waals surface area contributed by atoms with E-state index < -0.39 is 122 Å². The van der Waals surface area contributed by atoms with Crippen LogP contribution in [0, 0.1) is 44.8 Å². The molecule has 3 aliphatic heterocycles. The number of rotatable bonds is 8. The number of carbonyl (C=O) groups excluding carboxylic acids is 1. The largest absolute Gasteiger partial charge is 0.432 e. The highest BCUT2D eigenvalue weighted by Crippen LogP contribution is 2.72. The summed E-state index contributed by atoms with van der Waals surface area (Å²) in [6.07, 6.45) is -13.0. The molecule has 10 N–H and O–H groups in total. The van der Waals surface area contributed by atoms with E-state index in [0.29, 0.717) is 25.2 Å². The summed E-state index contributed by atoms with van der Waals surface area (Å²) < 4.78 is 35.6. The molecule has 64 heavy (non-hydrogen) atoms. The fraction of sp³-hybridized carbons (Fsp3) is 0.936. The van der Waals surface area contributed by atoms with Crippen LogP contribution in [0.3, 0.4) is 0 Å². The number of aliphatic hydroxyl groups excluding tert-OH is 10. The normalized spacial score (nSPS) is 52.4. The summed E-state index contributed by atoms with van der Waals surface area (Å²) in [6, 6.07) is 0. The average molecular weight is 913 g/mol. The summed E-state index contributed by atoms with van der Waals surface area (Å²) in [5.74, 6) is 0.146. The second-order valence-electron chi connectivity index (χ2n) is 22.8. The molecule has 22 atom stereocenters. The van der Waals surface area contributed by atoms with Gasteiger partial charge >= 0.3 is 5.97 Å². The number of fused-ring (bicyclic) bond motifs is 6. The maximum Gasteiger partial charge on any atom is 0.315 e. The fourth-order valence-corrected chi connectivity index (χ4v) is 14.5. The van der Waals surface area contributed by atoms with Gasteiger partial charge in [-0.05, 0) is 117 Å². The minimum absolute atomic E-state index is 0.00443. The Kier molecular flexibility index (Phi) is 13.4. The molecule has 0 aromatic carbocycles. The van der Waals surface area contributed by atoms with Gasteiger partial charge in [0.2, 0.25) is 6.29 Å². The number of ether oxygens (including phenoxy) is 6. The Morgan fingerprint density at radius 3 is 1.95 bits per heavy atom. The zero-order valence-electron chi connectivity index (χ0n) is 38.5. The van der Waals surface area contributed by atoms with Crippen molar-refractivity contribution in [3.8, 4) is 0 Å². The minimum Gasteiger partial charge on any atom is -0.432 e. The Hall–Kier alpha value is -1.39. The highest BCUT2D eigenvalue weighted by Gasteiger charge is 2.66. The topological polar surface area (TPSA) is 275 Å². The molecule has 0 amide bonds. The predicted octanol–water partition coefficient (Wildman–Crippen LogP) is 0.922. The summed E-state index contributed by atoms with van der Waals surface area (Å²) in [4.78, 5) is 14.5. The molecule has 366 valence electrons. The highest BCUT2D eigenvalue weighted by atomic mass is 16.7.